The molecule has 0 fully saturated rings. The van der Waals surface area contributed by atoms with Crippen molar-refractivity contribution in [1.29, 1.82) is 0 Å². The van der Waals surface area contributed by atoms with Crippen LogP contribution in [-0.4, -0.2) is 15.0 Å². The molecule has 1 aromatic carbocycles. The van der Waals surface area contributed by atoms with E-state index in [1.807, 2.05) is 6.20 Å². The van der Waals surface area contributed by atoms with Gasteiger partial charge in [0.05, 0.1) is 18.1 Å². The summed E-state index contributed by atoms with van der Waals surface area (Å²) in [5, 5.41) is 7.70. The Morgan fingerprint density at radius 3 is 2.57 bits per heavy atom. The van der Waals surface area contributed by atoms with Crippen molar-refractivity contribution in [3.05, 3.63) is 42.2 Å². The molecule has 0 aliphatic rings. The molecular weight excluding hydrogens is 174 g/mol. The van der Waals surface area contributed by atoms with Gasteiger partial charge in [0, 0.05) is 0 Å². The Bertz CT molecular complexity index is 375. The number of hydrogen-bond acceptors (Lipinski definition) is 2. The van der Waals surface area contributed by atoms with E-state index in [2.05, 4.69) is 41.5 Å². The average Bonchev–Trinajstić information content (AvgIpc) is 2.72. The summed E-state index contributed by atoms with van der Waals surface area (Å²) in [7, 11) is 0. The summed E-state index contributed by atoms with van der Waals surface area (Å²) < 4.78 is 1.76. The lowest BCUT2D eigenvalue weighted by molar-refractivity contribution is 0.802. The van der Waals surface area contributed by atoms with Crippen LogP contribution in [0.25, 0.3) is 5.69 Å². The van der Waals surface area contributed by atoms with Crippen molar-refractivity contribution in [3.8, 4) is 5.69 Å². The fourth-order valence-corrected chi connectivity index (χ4v) is 1.45. The highest BCUT2D eigenvalue weighted by molar-refractivity contribution is 5.33. The van der Waals surface area contributed by atoms with E-state index in [0.29, 0.717) is 0 Å². The van der Waals surface area contributed by atoms with Crippen molar-refractivity contribution < 1.29 is 0 Å². The first kappa shape index (κ1) is 8.94. The van der Waals surface area contributed by atoms with Gasteiger partial charge in [-0.25, -0.2) is 4.68 Å². The molecule has 3 nitrogen and oxygen atoms in total. The van der Waals surface area contributed by atoms with Crippen LogP contribution in [0.4, 0.5) is 0 Å². The summed E-state index contributed by atoms with van der Waals surface area (Å²) in [4.78, 5) is 0. The van der Waals surface area contributed by atoms with Gasteiger partial charge in [0.2, 0.25) is 0 Å². The highest BCUT2D eigenvalue weighted by atomic mass is 15.4. The van der Waals surface area contributed by atoms with Gasteiger partial charge in [0.1, 0.15) is 0 Å². The third kappa shape index (κ3) is 1.82. The average molecular weight is 187 g/mol. The van der Waals surface area contributed by atoms with Gasteiger partial charge >= 0.3 is 0 Å². The summed E-state index contributed by atoms with van der Waals surface area (Å²) in [5.41, 5.74) is 2.43. The molecule has 0 aliphatic carbocycles. The first-order valence-electron chi connectivity index (χ1n) is 4.86. The van der Waals surface area contributed by atoms with E-state index in [1.165, 1.54) is 12.0 Å². The second kappa shape index (κ2) is 4.05. The van der Waals surface area contributed by atoms with Crippen molar-refractivity contribution >= 4 is 0 Å². The third-order valence-electron chi connectivity index (χ3n) is 2.16. The molecule has 14 heavy (non-hydrogen) atoms. The minimum absolute atomic E-state index is 1.06. The molecule has 0 saturated heterocycles. The minimum Gasteiger partial charge on any atom is -0.221 e. The number of aryl methyl sites for hydroxylation is 1. The van der Waals surface area contributed by atoms with Gasteiger partial charge in [-0.15, -0.1) is 5.10 Å². The van der Waals surface area contributed by atoms with E-state index in [4.69, 9.17) is 0 Å². The van der Waals surface area contributed by atoms with Crippen molar-refractivity contribution in [1.82, 2.24) is 15.0 Å². The number of nitrogens with zero attached hydrogens (tertiary/aromatic N) is 3. The molecule has 1 heterocycles. The third-order valence-corrected chi connectivity index (χ3v) is 2.16. The summed E-state index contributed by atoms with van der Waals surface area (Å²) >= 11 is 0. The zero-order valence-electron chi connectivity index (χ0n) is 8.22. The van der Waals surface area contributed by atoms with E-state index in [-0.39, 0.29) is 0 Å². The highest BCUT2D eigenvalue weighted by Gasteiger charge is 1.96. The fraction of sp³-hybridized carbons (Fsp3) is 0.273. The zero-order valence-corrected chi connectivity index (χ0v) is 8.22. The Morgan fingerprint density at radius 1 is 1.21 bits per heavy atom. The zero-order chi connectivity index (χ0) is 9.80. The smallest absolute Gasteiger partial charge is 0.0697 e. The Hall–Kier alpha value is -1.64. The Balaban J connectivity index is 2.22. The molecule has 1 aromatic heterocycles. The van der Waals surface area contributed by atoms with Gasteiger partial charge in [0.25, 0.3) is 0 Å². The first-order chi connectivity index (χ1) is 6.90. The molecule has 2 rings (SSSR count). The molecule has 2 aromatic rings. The first-order valence-corrected chi connectivity index (χ1v) is 4.86. The molecule has 0 aliphatic heterocycles. The second-order valence-corrected chi connectivity index (χ2v) is 3.26. The van der Waals surface area contributed by atoms with Crippen LogP contribution < -0.4 is 0 Å². The molecule has 0 bridgehead atoms. The van der Waals surface area contributed by atoms with Crippen LogP contribution >= 0.6 is 0 Å². The minimum atomic E-state index is 1.06. The van der Waals surface area contributed by atoms with Gasteiger partial charge in [-0.2, -0.15) is 0 Å². The molecule has 0 atom stereocenters. The van der Waals surface area contributed by atoms with Crippen molar-refractivity contribution in [2.24, 2.45) is 0 Å². The van der Waals surface area contributed by atoms with Crippen LogP contribution in [0.15, 0.2) is 36.7 Å². The van der Waals surface area contributed by atoms with E-state index in [0.717, 1.165) is 12.1 Å². The van der Waals surface area contributed by atoms with E-state index in [9.17, 15) is 0 Å². The van der Waals surface area contributed by atoms with Gasteiger partial charge in [-0.1, -0.05) is 30.7 Å². The van der Waals surface area contributed by atoms with Gasteiger partial charge in [-0.05, 0) is 24.1 Å². The fourth-order valence-electron chi connectivity index (χ4n) is 1.45. The molecule has 72 valence electrons. The van der Waals surface area contributed by atoms with Crippen molar-refractivity contribution in [2.75, 3.05) is 0 Å². The maximum atomic E-state index is 3.93. The lowest BCUT2D eigenvalue weighted by Gasteiger charge is -2.01. The summed E-state index contributed by atoms with van der Waals surface area (Å²) in [6.07, 6.45) is 5.84. The highest BCUT2D eigenvalue weighted by Crippen LogP contribution is 2.09. The number of benzene rings is 1. The predicted octanol–water partition coefficient (Wildman–Crippen LogP) is 2.22. The SMILES string of the molecule is CCCc1ccc(-n2ccnn2)cc1. The second-order valence-electron chi connectivity index (χ2n) is 3.26. The Kier molecular flexibility index (Phi) is 2.58. The van der Waals surface area contributed by atoms with Crippen LogP contribution in [0.1, 0.15) is 18.9 Å². The largest absolute Gasteiger partial charge is 0.221 e. The van der Waals surface area contributed by atoms with Gasteiger partial charge in [0.15, 0.2) is 0 Å². The number of aromatic nitrogens is 3. The van der Waals surface area contributed by atoms with Gasteiger partial charge < -0.3 is 0 Å². The maximum Gasteiger partial charge on any atom is 0.0697 e. The van der Waals surface area contributed by atoms with E-state index in [1.54, 1.807) is 10.9 Å². The lowest BCUT2D eigenvalue weighted by Crippen LogP contribution is -1.95. The van der Waals surface area contributed by atoms with E-state index < -0.39 is 0 Å². The summed E-state index contributed by atoms with van der Waals surface area (Å²) in [5.74, 6) is 0. The molecule has 0 spiro atoms. The Labute approximate surface area is 83.4 Å². The molecular formula is C11H13N3. The van der Waals surface area contributed by atoms with Crippen LogP contribution in [0.5, 0.6) is 0 Å². The van der Waals surface area contributed by atoms with Gasteiger partial charge in [-0.3, -0.25) is 0 Å². The summed E-state index contributed by atoms with van der Waals surface area (Å²) in [6, 6.07) is 8.42. The van der Waals surface area contributed by atoms with Crippen LogP contribution in [0, 0.1) is 0 Å². The molecule has 0 unspecified atom stereocenters. The topological polar surface area (TPSA) is 30.7 Å². The molecule has 0 amide bonds. The molecule has 0 radical (unpaired) electrons. The quantitative estimate of drug-likeness (QED) is 0.737. The monoisotopic (exact) mass is 187 g/mol. The lowest BCUT2D eigenvalue weighted by atomic mass is 10.1. The number of hydrogen-bond donors (Lipinski definition) is 0. The van der Waals surface area contributed by atoms with Crippen LogP contribution in [0.3, 0.4) is 0 Å². The van der Waals surface area contributed by atoms with Crippen molar-refractivity contribution in [3.63, 3.8) is 0 Å². The normalized spacial score (nSPS) is 10.4. The maximum absolute atomic E-state index is 3.93. The van der Waals surface area contributed by atoms with Crippen molar-refractivity contribution in [2.45, 2.75) is 19.8 Å². The molecule has 3 heteroatoms. The molecule has 0 saturated carbocycles. The van der Waals surface area contributed by atoms with E-state index >= 15 is 0 Å². The van der Waals surface area contributed by atoms with Crippen LogP contribution in [-0.2, 0) is 6.42 Å². The standard InChI is InChI=1S/C11H13N3/c1-2-3-10-4-6-11(7-5-10)14-9-8-12-13-14/h4-9H,2-3H2,1H3. The summed E-state index contributed by atoms with van der Waals surface area (Å²) in [6.45, 7) is 2.19. The molecule has 0 N–H and O–H groups in total. The number of rotatable bonds is 3. The van der Waals surface area contributed by atoms with Crippen LogP contribution in [0.2, 0.25) is 0 Å². The predicted molar refractivity (Wildman–Crippen MR) is 55.4 cm³/mol. The Morgan fingerprint density at radius 2 is 2.00 bits per heavy atom.